The number of amides is 1. The fourth-order valence-corrected chi connectivity index (χ4v) is 10.7. The molecule has 15 heteroatoms. The van der Waals surface area contributed by atoms with E-state index in [0.29, 0.717) is 22.5 Å². The number of hydrogen-bond acceptors (Lipinski definition) is 9. The van der Waals surface area contributed by atoms with Gasteiger partial charge in [0.05, 0.1) is 24.1 Å². The second-order valence-electron chi connectivity index (χ2n) is 15.0. The summed E-state index contributed by atoms with van der Waals surface area (Å²) in [7, 11) is 3.74. The number of aliphatic carboxylic acids is 1. The number of nitrogens with zero attached hydrogens (tertiary/aromatic N) is 5. The molecule has 5 fully saturated rings. The van der Waals surface area contributed by atoms with E-state index in [9.17, 15) is 19.8 Å². The number of carbonyl (C=O) groups is 2. The number of carboxylic acids is 1. The molecule has 4 heterocycles. The molecule has 8 N–H and O–H groups in total. The number of hydrogen-bond donors (Lipinski definition) is 7. The molecule has 3 saturated heterocycles. The third kappa shape index (κ3) is 9.19. The van der Waals surface area contributed by atoms with Gasteiger partial charge in [-0.15, -0.1) is 11.8 Å². The minimum Gasteiger partial charge on any atom is -0.477 e. The molecule has 4 aliphatic heterocycles. The van der Waals surface area contributed by atoms with E-state index in [2.05, 4.69) is 43.0 Å². The zero-order valence-corrected chi connectivity index (χ0v) is 31.3. The lowest BCUT2D eigenvalue weighted by molar-refractivity contribution is -0.163. The van der Waals surface area contributed by atoms with Gasteiger partial charge in [-0.05, 0) is 70.1 Å². The Morgan fingerprint density at radius 1 is 1.02 bits per heavy atom. The van der Waals surface area contributed by atoms with Crippen LogP contribution in [0.4, 0.5) is 0 Å². The fraction of sp³-hybridized carbons (Fsp3) is 0.824. The largest absolute Gasteiger partial charge is 0.477 e. The highest BCUT2D eigenvalue weighted by Gasteiger charge is 2.60. The summed E-state index contributed by atoms with van der Waals surface area (Å²) < 4.78 is 0. The summed E-state index contributed by atoms with van der Waals surface area (Å²) in [4.78, 5) is 40.0. The van der Waals surface area contributed by atoms with Gasteiger partial charge >= 0.3 is 5.97 Å². The summed E-state index contributed by atoms with van der Waals surface area (Å²) >= 11 is 6.07. The van der Waals surface area contributed by atoms with E-state index in [0.717, 1.165) is 62.1 Å². The number of rotatable bonds is 10. The number of nitrogens with two attached hydrogens (primary N) is 2. The summed E-state index contributed by atoms with van der Waals surface area (Å²) in [6.07, 6.45) is 8.75. The summed E-state index contributed by atoms with van der Waals surface area (Å²) in [6, 6.07) is 0.615. The van der Waals surface area contributed by atoms with Crippen molar-refractivity contribution < 1.29 is 19.8 Å². The fourth-order valence-electron chi connectivity index (χ4n) is 8.62. The van der Waals surface area contributed by atoms with E-state index in [1.165, 1.54) is 50.2 Å². The highest BCUT2D eigenvalue weighted by Crippen LogP contribution is 2.52. The molecule has 1 amide bonds. The van der Waals surface area contributed by atoms with Crippen molar-refractivity contribution in [3.63, 3.8) is 0 Å². The molecular weight excluding hydrogens is 663 g/mol. The maximum Gasteiger partial charge on any atom is 0.353 e. The van der Waals surface area contributed by atoms with Crippen molar-refractivity contribution in [1.29, 1.82) is 0 Å². The molecule has 0 spiro atoms. The lowest BCUT2D eigenvalue weighted by atomic mass is 9.79. The van der Waals surface area contributed by atoms with Crippen LogP contribution >= 0.6 is 24.4 Å². The molecule has 4 atom stereocenters. The highest BCUT2D eigenvalue weighted by molar-refractivity contribution is 8.03. The van der Waals surface area contributed by atoms with Gasteiger partial charge in [0, 0.05) is 80.7 Å². The maximum atomic E-state index is 12.4. The van der Waals surface area contributed by atoms with E-state index in [-0.39, 0.29) is 35.6 Å². The molecule has 0 aromatic carbocycles. The number of β-lactam (4-membered cyclic amide) rings is 1. The molecule has 0 unspecified atom stereocenters. The molecule has 0 radical (unpaired) electrons. The third-order valence-corrected chi connectivity index (χ3v) is 13.1. The lowest BCUT2D eigenvalue weighted by Crippen LogP contribution is -2.63. The van der Waals surface area contributed by atoms with Gasteiger partial charge in [-0.2, -0.15) is 12.6 Å². The van der Waals surface area contributed by atoms with Crippen LogP contribution in [0.5, 0.6) is 0 Å². The molecule has 49 heavy (non-hydrogen) atoms. The molecule has 6 aliphatic rings. The average Bonchev–Trinajstić information content (AvgIpc) is 3.27. The molecular formula is C34H59N9O4S2. The Morgan fingerprint density at radius 2 is 1.59 bits per heavy atom. The normalized spacial score (nSPS) is 33.3. The molecule has 0 bridgehead atoms. The Labute approximate surface area is 301 Å². The van der Waals surface area contributed by atoms with Gasteiger partial charge in [0.1, 0.15) is 5.70 Å². The van der Waals surface area contributed by atoms with E-state index in [1.807, 2.05) is 21.0 Å². The Morgan fingerprint density at radius 3 is 2.08 bits per heavy atom. The van der Waals surface area contributed by atoms with Gasteiger partial charge in [-0.25, -0.2) is 4.79 Å². The van der Waals surface area contributed by atoms with Gasteiger partial charge in [0.15, 0.2) is 11.9 Å². The first-order chi connectivity index (χ1) is 23.4. The SMILES string of the molecule is CN=C(NC)NC1CCC(CN2CC(S)C2)CC1.C[C@@H](O)[C@H]1C(=O)N2C(C(=O)O)=C(SC3CN(CC4CCC(N=C(N)N)CC4)C3)[C@H](C)[C@H]12. The smallest absolute Gasteiger partial charge is 0.353 e. The number of likely N-dealkylation sites (tertiary alicyclic amines) is 2. The van der Waals surface area contributed by atoms with Crippen molar-refractivity contribution in [2.45, 2.75) is 99.9 Å². The van der Waals surface area contributed by atoms with Crippen LogP contribution in [-0.2, 0) is 9.59 Å². The van der Waals surface area contributed by atoms with E-state index >= 15 is 0 Å². The number of nitrogens with one attached hydrogen (secondary N) is 2. The molecule has 0 aromatic rings. The van der Waals surface area contributed by atoms with Crippen LogP contribution in [-0.4, -0.2) is 137 Å². The number of aliphatic imine (C=N–C) groups is 2. The molecule has 6 rings (SSSR count). The van der Waals surface area contributed by atoms with Crippen LogP contribution in [0, 0.1) is 23.7 Å². The summed E-state index contributed by atoms with van der Waals surface area (Å²) in [6.45, 7) is 10.2. The van der Waals surface area contributed by atoms with Gasteiger partial charge < -0.3 is 47.0 Å². The summed E-state index contributed by atoms with van der Waals surface area (Å²) in [5.74, 6) is 0.743. The monoisotopic (exact) mass is 721 g/mol. The second kappa shape index (κ2) is 16.9. The van der Waals surface area contributed by atoms with E-state index in [1.54, 1.807) is 18.7 Å². The van der Waals surface area contributed by atoms with Crippen molar-refractivity contribution in [3.05, 3.63) is 10.6 Å². The Kier molecular flexibility index (Phi) is 13.1. The van der Waals surface area contributed by atoms with E-state index < -0.39 is 18.0 Å². The predicted molar refractivity (Wildman–Crippen MR) is 200 cm³/mol. The standard InChI is InChI=1S/C21H33N5O4S.C13H26N4S/c1-10-16-15(11(2)27)19(28)26(16)17(20(29)30)18(10)31-14-8-25(9-14)7-12-3-5-13(6-4-12)24-21(22)23;1-14-13(15-2)16-11-5-3-10(4-6-11)7-17-8-12(18)9-17/h10-16,27H,3-9H2,1-2H3,(H,29,30)(H4,22,23,24);10-12,18H,3-9H2,1-2H3,(H2,14,15,16)/t10-,11-,12?,13?,15-,16-;/m1./s1. The molecule has 0 aromatic heterocycles. The first kappa shape index (κ1) is 38.0. The number of guanidine groups is 2. The minimum absolute atomic E-state index is 0.0618. The number of carbonyl (C=O) groups excluding carboxylic acids is 1. The van der Waals surface area contributed by atoms with Crippen molar-refractivity contribution in [2.75, 3.05) is 53.4 Å². The summed E-state index contributed by atoms with van der Waals surface area (Å²) in [5, 5.41) is 27.2. The van der Waals surface area contributed by atoms with E-state index in [4.69, 9.17) is 11.5 Å². The zero-order chi connectivity index (χ0) is 35.4. The third-order valence-electron chi connectivity index (χ3n) is 11.3. The van der Waals surface area contributed by atoms with Gasteiger partial charge in [0.2, 0.25) is 5.91 Å². The molecule has 2 saturated carbocycles. The minimum atomic E-state index is -1.05. The van der Waals surface area contributed by atoms with Crippen LogP contribution in [0.2, 0.25) is 0 Å². The number of fused-ring (bicyclic) bond motifs is 1. The summed E-state index contributed by atoms with van der Waals surface area (Å²) in [5.41, 5.74) is 11.1. The number of aliphatic hydroxyl groups excluding tert-OH is 1. The van der Waals surface area contributed by atoms with Crippen LogP contribution in [0.1, 0.15) is 65.2 Å². The maximum absolute atomic E-state index is 12.4. The predicted octanol–water partition coefficient (Wildman–Crippen LogP) is 1.34. The van der Waals surface area contributed by atoms with Crippen LogP contribution in [0.25, 0.3) is 0 Å². The van der Waals surface area contributed by atoms with Crippen LogP contribution in [0.15, 0.2) is 20.6 Å². The Hall–Kier alpha value is -2.20. The quantitative estimate of drug-likeness (QED) is 0.0748. The van der Waals surface area contributed by atoms with Gasteiger partial charge in [-0.1, -0.05) is 6.92 Å². The average molecular weight is 722 g/mol. The van der Waals surface area contributed by atoms with Crippen LogP contribution in [0.3, 0.4) is 0 Å². The number of carboxylic acid groups (broad SMARTS) is 1. The van der Waals surface area contributed by atoms with Crippen molar-refractivity contribution in [1.82, 2.24) is 25.3 Å². The Bertz CT molecular complexity index is 1250. The first-order valence-electron chi connectivity index (χ1n) is 18.2. The number of aliphatic hydroxyl groups is 1. The Balaban J connectivity index is 0.000000221. The molecule has 13 nitrogen and oxygen atoms in total. The molecule has 276 valence electrons. The first-order valence-corrected chi connectivity index (χ1v) is 19.6. The zero-order valence-electron chi connectivity index (χ0n) is 29.6. The van der Waals surface area contributed by atoms with Gasteiger partial charge in [0.25, 0.3) is 0 Å². The second-order valence-corrected chi connectivity index (χ2v) is 17.1. The molecule has 2 aliphatic carbocycles. The van der Waals surface area contributed by atoms with Crippen molar-refractivity contribution >= 4 is 48.2 Å². The van der Waals surface area contributed by atoms with Crippen LogP contribution < -0.4 is 22.1 Å². The topological polar surface area (TPSA) is 185 Å². The highest BCUT2D eigenvalue weighted by atomic mass is 32.2. The number of thioether (sulfide) groups is 1. The van der Waals surface area contributed by atoms with Gasteiger partial charge in [-0.3, -0.25) is 14.8 Å². The number of thiol groups is 1. The lowest BCUT2D eigenvalue weighted by Gasteiger charge is -2.46. The van der Waals surface area contributed by atoms with Crippen molar-refractivity contribution in [3.8, 4) is 0 Å². The van der Waals surface area contributed by atoms with Crippen molar-refractivity contribution in [2.24, 2.45) is 45.1 Å².